The van der Waals surface area contributed by atoms with Gasteiger partial charge in [-0.05, 0) is 35.9 Å². The molecule has 0 aliphatic rings. The molecule has 3 aromatic rings. The lowest BCUT2D eigenvalue weighted by Gasteiger charge is -2.03. The maximum Gasteiger partial charge on any atom is 0.0709 e. The Morgan fingerprint density at radius 3 is 2.50 bits per heavy atom. The number of fused-ring (bicyclic) bond motifs is 1. The summed E-state index contributed by atoms with van der Waals surface area (Å²) < 4.78 is 1.04. The van der Waals surface area contributed by atoms with E-state index in [9.17, 15) is 0 Å². The second-order valence-electron chi connectivity index (χ2n) is 4.54. The van der Waals surface area contributed by atoms with Crippen LogP contribution in [-0.2, 0) is 0 Å². The molecule has 0 saturated heterocycles. The Labute approximate surface area is 126 Å². The highest BCUT2D eigenvalue weighted by Gasteiger charge is 1.99. The maximum absolute atomic E-state index is 6.13. The van der Waals surface area contributed by atoms with E-state index in [4.69, 9.17) is 5.73 Å². The SMILES string of the molecule is NC(=Cc1ccc2ccccc2n1)c1ccc(Br)cc1. The second kappa shape index (κ2) is 5.47. The molecular weight excluding hydrogens is 312 g/mol. The van der Waals surface area contributed by atoms with Crippen LogP contribution in [0.1, 0.15) is 11.3 Å². The zero-order chi connectivity index (χ0) is 13.9. The predicted octanol–water partition coefficient (Wildman–Crippen LogP) is 4.45. The molecule has 20 heavy (non-hydrogen) atoms. The number of para-hydroxylation sites is 1. The van der Waals surface area contributed by atoms with Crippen molar-refractivity contribution in [3.05, 3.63) is 76.4 Å². The van der Waals surface area contributed by atoms with Gasteiger partial charge in [0.15, 0.2) is 0 Å². The molecule has 0 fully saturated rings. The summed E-state index contributed by atoms with van der Waals surface area (Å²) >= 11 is 3.42. The van der Waals surface area contributed by atoms with Crippen molar-refractivity contribution in [2.75, 3.05) is 0 Å². The standard InChI is InChI=1S/C17H13BrN2/c18-14-8-5-12(6-9-14)16(19)11-15-10-7-13-3-1-2-4-17(13)20-15/h1-11H,19H2. The van der Waals surface area contributed by atoms with Crippen LogP contribution in [0.3, 0.4) is 0 Å². The quantitative estimate of drug-likeness (QED) is 0.756. The van der Waals surface area contributed by atoms with Gasteiger partial charge in [0.1, 0.15) is 0 Å². The molecule has 3 rings (SSSR count). The highest BCUT2D eigenvalue weighted by atomic mass is 79.9. The third kappa shape index (κ3) is 2.73. The van der Waals surface area contributed by atoms with Crippen LogP contribution in [0, 0.1) is 0 Å². The van der Waals surface area contributed by atoms with Crippen LogP contribution in [0.15, 0.2) is 65.1 Å². The summed E-state index contributed by atoms with van der Waals surface area (Å²) in [5, 5.41) is 1.13. The zero-order valence-corrected chi connectivity index (χ0v) is 12.3. The number of benzene rings is 2. The van der Waals surface area contributed by atoms with Gasteiger partial charge in [0.25, 0.3) is 0 Å². The summed E-state index contributed by atoms with van der Waals surface area (Å²) in [5.41, 5.74) is 9.67. The van der Waals surface area contributed by atoms with Gasteiger partial charge < -0.3 is 5.73 Å². The molecule has 2 N–H and O–H groups in total. The first-order valence-corrected chi connectivity index (χ1v) is 7.10. The third-order valence-electron chi connectivity index (χ3n) is 3.10. The van der Waals surface area contributed by atoms with E-state index in [0.29, 0.717) is 5.70 Å². The molecule has 0 unspecified atom stereocenters. The normalized spacial score (nSPS) is 11.8. The number of nitrogens with two attached hydrogens (primary N) is 1. The lowest BCUT2D eigenvalue weighted by atomic mass is 10.1. The molecule has 3 heteroatoms. The Balaban J connectivity index is 1.98. The van der Waals surface area contributed by atoms with Crippen LogP contribution < -0.4 is 5.73 Å². The number of hydrogen-bond donors (Lipinski definition) is 1. The fourth-order valence-electron chi connectivity index (χ4n) is 2.05. The van der Waals surface area contributed by atoms with Gasteiger partial charge in [-0.3, -0.25) is 0 Å². The fraction of sp³-hybridized carbons (Fsp3) is 0. The lowest BCUT2D eigenvalue weighted by molar-refractivity contribution is 1.36. The zero-order valence-electron chi connectivity index (χ0n) is 10.8. The number of hydrogen-bond acceptors (Lipinski definition) is 2. The molecular formula is C17H13BrN2. The van der Waals surface area contributed by atoms with E-state index in [1.54, 1.807) is 0 Å². The second-order valence-corrected chi connectivity index (χ2v) is 5.45. The maximum atomic E-state index is 6.13. The van der Waals surface area contributed by atoms with E-state index < -0.39 is 0 Å². The van der Waals surface area contributed by atoms with Crippen LogP contribution in [0.4, 0.5) is 0 Å². The molecule has 2 aromatic carbocycles. The number of rotatable bonds is 2. The van der Waals surface area contributed by atoms with E-state index in [-0.39, 0.29) is 0 Å². The Hall–Kier alpha value is -2.13. The first-order chi connectivity index (χ1) is 9.72. The molecule has 1 heterocycles. The molecule has 0 bridgehead atoms. The van der Waals surface area contributed by atoms with Crippen LogP contribution in [0.5, 0.6) is 0 Å². The molecule has 98 valence electrons. The summed E-state index contributed by atoms with van der Waals surface area (Å²) in [6, 6.07) is 20.0. The molecule has 0 amide bonds. The van der Waals surface area contributed by atoms with Gasteiger partial charge in [-0.1, -0.05) is 52.3 Å². The first kappa shape index (κ1) is 12.9. The average Bonchev–Trinajstić information content (AvgIpc) is 2.48. The van der Waals surface area contributed by atoms with Crippen LogP contribution in [0.2, 0.25) is 0 Å². The molecule has 0 spiro atoms. The number of aromatic nitrogens is 1. The van der Waals surface area contributed by atoms with Gasteiger partial charge in [0.2, 0.25) is 0 Å². The molecule has 0 radical (unpaired) electrons. The number of nitrogens with zero attached hydrogens (tertiary/aromatic N) is 1. The number of halogens is 1. The lowest BCUT2D eigenvalue weighted by Crippen LogP contribution is -1.96. The van der Waals surface area contributed by atoms with Gasteiger partial charge in [0, 0.05) is 15.6 Å². The Morgan fingerprint density at radius 1 is 0.950 bits per heavy atom. The van der Waals surface area contributed by atoms with Crippen molar-refractivity contribution in [1.29, 1.82) is 0 Å². The highest BCUT2D eigenvalue weighted by Crippen LogP contribution is 2.18. The summed E-state index contributed by atoms with van der Waals surface area (Å²) in [4.78, 5) is 4.59. The molecule has 0 aliphatic carbocycles. The van der Waals surface area contributed by atoms with Crippen molar-refractivity contribution in [3.8, 4) is 0 Å². The van der Waals surface area contributed by atoms with Crippen molar-refractivity contribution in [1.82, 2.24) is 4.98 Å². The Bertz CT molecular complexity index is 776. The monoisotopic (exact) mass is 324 g/mol. The van der Waals surface area contributed by atoms with Crippen molar-refractivity contribution >= 4 is 38.6 Å². The summed E-state index contributed by atoms with van der Waals surface area (Å²) in [6.45, 7) is 0. The molecule has 2 nitrogen and oxygen atoms in total. The van der Waals surface area contributed by atoms with Crippen LogP contribution >= 0.6 is 15.9 Å². The van der Waals surface area contributed by atoms with Crippen molar-refractivity contribution < 1.29 is 0 Å². The molecule has 0 saturated carbocycles. The summed E-state index contributed by atoms with van der Waals surface area (Å²) in [6.07, 6.45) is 1.90. The van der Waals surface area contributed by atoms with Crippen molar-refractivity contribution in [3.63, 3.8) is 0 Å². The predicted molar refractivity (Wildman–Crippen MR) is 87.9 cm³/mol. The van der Waals surface area contributed by atoms with Crippen molar-refractivity contribution in [2.24, 2.45) is 5.73 Å². The first-order valence-electron chi connectivity index (χ1n) is 6.31. The van der Waals surface area contributed by atoms with E-state index in [1.165, 1.54) is 0 Å². The van der Waals surface area contributed by atoms with Gasteiger partial charge in [-0.2, -0.15) is 0 Å². The fourth-order valence-corrected chi connectivity index (χ4v) is 2.31. The highest BCUT2D eigenvalue weighted by molar-refractivity contribution is 9.10. The number of pyridine rings is 1. The Morgan fingerprint density at radius 2 is 1.70 bits per heavy atom. The van der Waals surface area contributed by atoms with E-state index >= 15 is 0 Å². The van der Waals surface area contributed by atoms with Gasteiger partial charge in [-0.15, -0.1) is 0 Å². The van der Waals surface area contributed by atoms with E-state index in [2.05, 4.69) is 27.0 Å². The van der Waals surface area contributed by atoms with Gasteiger partial charge in [0.05, 0.1) is 11.2 Å². The summed E-state index contributed by atoms with van der Waals surface area (Å²) in [5.74, 6) is 0. The van der Waals surface area contributed by atoms with Crippen LogP contribution in [-0.4, -0.2) is 4.98 Å². The molecule has 0 atom stereocenters. The van der Waals surface area contributed by atoms with Gasteiger partial charge >= 0.3 is 0 Å². The molecule has 0 aliphatic heterocycles. The summed E-state index contributed by atoms with van der Waals surface area (Å²) in [7, 11) is 0. The minimum Gasteiger partial charge on any atom is -0.398 e. The third-order valence-corrected chi connectivity index (χ3v) is 3.63. The molecule has 1 aromatic heterocycles. The Kier molecular flexibility index (Phi) is 3.52. The minimum absolute atomic E-state index is 0.709. The smallest absolute Gasteiger partial charge is 0.0709 e. The van der Waals surface area contributed by atoms with E-state index in [0.717, 1.165) is 26.6 Å². The minimum atomic E-state index is 0.709. The topological polar surface area (TPSA) is 38.9 Å². The van der Waals surface area contributed by atoms with Gasteiger partial charge in [-0.25, -0.2) is 4.98 Å². The van der Waals surface area contributed by atoms with Crippen LogP contribution in [0.25, 0.3) is 22.7 Å². The van der Waals surface area contributed by atoms with E-state index in [1.807, 2.05) is 60.7 Å². The largest absolute Gasteiger partial charge is 0.398 e. The average molecular weight is 325 g/mol. The van der Waals surface area contributed by atoms with Crippen molar-refractivity contribution in [2.45, 2.75) is 0 Å².